The van der Waals surface area contributed by atoms with Gasteiger partial charge in [0.25, 0.3) is 0 Å². The van der Waals surface area contributed by atoms with Crippen LogP contribution < -0.4 is 5.32 Å². The number of hydrogen-bond donors (Lipinski definition) is 1. The quantitative estimate of drug-likeness (QED) is 0.901. The first kappa shape index (κ1) is 12.9. The van der Waals surface area contributed by atoms with Crippen molar-refractivity contribution in [1.29, 1.82) is 0 Å². The van der Waals surface area contributed by atoms with E-state index in [0.717, 1.165) is 42.4 Å². The van der Waals surface area contributed by atoms with Crippen LogP contribution in [0.15, 0.2) is 0 Å². The Morgan fingerprint density at radius 3 is 2.94 bits per heavy atom. The van der Waals surface area contributed by atoms with E-state index in [0.29, 0.717) is 12.1 Å². The number of halogens is 1. The second-order valence-corrected chi connectivity index (χ2v) is 5.13. The van der Waals surface area contributed by atoms with E-state index in [1.165, 1.54) is 0 Å². The fraction of sp³-hybridized carbons (Fsp3) is 0.750. The average Bonchev–Trinajstić information content (AvgIpc) is 2.51. The first-order valence-electron chi connectivity index (χ1n) is 6.11. The van der Waals surface area contributed by atoms with Gasteiger partial charge in [0.15, 0.2) is 0 Å². The third-order valence-corrected chi connectivity index (χ3v) is 3.80. The summed E-state index contributed by atoms with van der Waals surface area (Å²) in [7, 11) is 1.93. The van der Waals surface area contributed by atoms with Gasteiger partial charge in [0.05, 0.1) is 22.5 Å². The van der Waals surface area contributed by atoms with Gasteiger partial charge in [-0.25, -0.2) is 0 Å². The predicted octanol–water partition coefficient (Wildman–Crippen LogP) is 2.04. The second kappa shape index (κ2) is 5.38. The maximum atomic E-state index is 6.21. The maximum Gasteiger partial charge on any atom is 0.0860 e. The van der Waals surface area contributed by atoms with Gasteiger partial charge in [0.1, 0.15) is 0 Å². The normalized spacial score (nSPS) is 25.2. The van der Waals surface area contributed by atoms with E-state index >= 15 is 0 Å². The molecule has 0 aromatic carbocycles. The summed E-state index contributed by atoms with van der Waals surface area (Å²) in [6.07, 6.45) is 2.48. The van der Waals surface area contributed by atoms with Crippen molar-refractivity contribution in [3.05, 3.63) is 16.4 Å². The number of nitrogens with zero attached hydrogens (tertiary/aromatic N) is 2. The molecule has 0 aliphatic carbocycles. The minimum atomic E-state index is 0.352. The van der Waals surface area contributed by atoms with Crippen LogP contribution in [0.1, 0.15) is 31.2 Å². The van der Waals surface area contributed by atoms with E-state index in [1.807, 2.05) is 18.7 Å². The lowest BCUT2D eigenvalue weighted by atomic mass is 10.0. The summed E-state index contributed by atoms with van der Waals surface area (Å²) < 4.78 is 7.38. The fourth-order valence-corrected chi connectivity index (χ4v) is 2.52. The number of rotatable bonds is 3. The molecule has 1 fully saturated rings. The van der Waals surface area contributed by atoms with Gasteiger partial charge >= 0.3 is 0 Å². The van der Waals surface area contributed by atoms with Gasteiger partial charge in [-0.3, -0.25) is 4.68 Å². The second-order valence-electron chi connectivity index (χ2n) is 4.75. The highest BCUT2D eigenvalue weighted by Crippen LogP contribution is 2.20. The summed E-state index contributed by atoms with van der Waals surface area (Å²) in [5.74, 6) is 0. The number of hydrogen-bond acceptors (Lipinski definition) is 3. The molecule has 2 heterocycles. The zero-order valence-electron chi connectivity index (χ0n) is 10.7. The highest BCUT2D eigenvalue weighted by Gasteiger charge is 2.20. The molecule has 0 bridgehead atoms. The molecule has 1 aliphatic rings. The number of ether oxygens (including phenoxy) is 1. The van der Waals surface area contributed by atoms with Crippen LogP contribution in [-0.4, -0.2) is 28.5 Å². The van der Waals surface area contributed by atoms with Gasteiger partial charge < -0.3 is 10.1 Å². The van der Waals surface area contributed by atoms with Crippen molar-refractivity contribution in [3.63, 3.8) is 0 Å². The summed E-state index contributed by atoms with van der Waals surface area (Å²) >= 11 is 6.21. The van der Waals surface area contributed by atoms with E-state index in [4.69, 9.17) is 16.3 Å². The van der Waals surface area contributed by atoms with Crippen LogP contribution in [0.25, 0.3) is 0 Å². The molecule has 1 aliphatic heterocycles. The van der Waals surface area contributed by atoms with Crippen molar-refractivity contribution in [3.8, 4) is 0 Å². The first-order valence-corrected chi connectivity index (χ1v) is 6.48. The van der Waals surface area contributed by atoms with Crippen LogP contribution in [0, 0.1) is 6.92 Å². The highest BCUT2D eigenvalue weighted by atomic mass is 35.5. The molecule has 1 aromatic rings. The van der Waals surface area contributed by atoms with Gasteiger partial charge in [0, 0.05) is 26.2 Å². The molecule has 96 valence electrons. The predicted molar refractivity (Wildman–Crippen MR) is 68.2 cm³/mol. The molecule has 0 radical (unpaired) electrons. The lowest BCUT2D eigenvalue weighted by Gasteiger charge is -2.28. The van der Waals surface area contributed by atoms with Crippen LogP contribution in [0.2, 0.25) is 5.02 Å². The van der Waals surface area contributed by atoms with Gasteiger partial charge in [-0.1, -0.05) is 11.6 Å². The van der Waals surface area contributed by atoms with Crippen LogP contribution >= 0.6 is 11.6 Å². The Balaban J connectivity index is 1.93. The summed E-state index contributed by atoms with van der Waals surface area (Å²) in [6, 6.07) is 0.519. The van der Waals surface area contributed by atoms with E-state index in [9.17, 15) is 0 Å². The number of aromatic nitrogens is 2. The standard InChI is InChI=1S/C12H20ClN3O/c1-8-6-10(4-5-17-8)14-7-11-12(13)9(2)15-16(11)3/h8,10,14H,4-7H2,1-3H3. The maximum absolute atomic E-state index is 6.21. The summed E-state index contributed by atoms with van der Waals surface area (Å²) in [5.41, 5.74) is 1.95. The zero-order valence-corrected chi connectivity index (χ0v) is 11.4. The van der Waals surface area contributed by atoms with Gasteiger partial charge in [-0.15, -0.1) is 0 Å². The summed E-state index contributed by atoms with van der Waals surface area (Å²) in [4.78, 5) is 0. The molecule has 1 N–H and O–H groups in total. The van der Waals surface area contributed by atoms with E-state index in [-0.39, 0.29) is 0 Å². The molecular weight excluding hydrogens is 238 g/mol. The molecule has 0 spiro atoms. The van der Waals surface area contributed by atoms with Crippen LogP contribution in [-0.2, 0) is 18.3 Å². The van der Waals surface area contributed by atoms with E-state index < -0.39 is 0 Å². The SMILES string of the molecule is Cc1nn(C)c(CNC2CCOC(C)C2)c1Cl. The largest absolute Gasteiger partial charge is 0.378 e. The number of aryl methyl sites for hydroxylation is 2. The zero-order chi connectivity index (χ0) is 12.4. The van der Waals surface area contributed by atoms with Crippen molar-refractivity contribution in [2.24, 2.45) is 7.05 Å². The molecule has 1 aromatic heterocycles. The van der Waals surface area contributed by atoms with Gasteiger partial charge in [-0.2, -0.15) is 5.10 Å². The molecule has 5 heteroatoms. The molecule has 2 unspecified atom stereocenters. The molecule has 0 amide bonds. The topological polar surface area (TPSA) is 39.1 Å². The summed E-state index contributed by atoms with van der Waals surface area (Å²) in [6.45, 7) is 5.67. The minimum absolute atomic E-state index is 0.352. The van der Waals surface area contributed by atoms with Crippen LogP contribution in [0.5, 0.6) is 0 Å². The van der Waals surface area contributed by atoms with Crippen molar-refractivity contribution < 1.29 is 4.74 Å². The fourth-order valence-electron chi connectivity index (χ4n) is 2.30. The lowest BCUT2D eigenvalue weighted by molar-refractivity contribution is 0.0129. The smallest absolute Gasteiger partial charge is 0.0860 e. The van der Waals surface area contributed by atoms with Gasteiger partial charge in [-0.05, 0) is 26.7 Å². The monoisotopic (exact) mass is 257 g/mol. The van der Waals surface area contributed by atoms with Crippen molar-refractivity contribution in [2.75, 3.05) is 6.61 Å². The highest BCUT2D eigenvalue weighted by molar-refractivity contribution is 6.31. The molecule has 0 saturated carbocycles. The Morgan fingerprint density at radius 2 is 2.35 bits per heavy atom. The Bertz CT molecular complexity index is 391. The average molecular weight is 258 g/mol. The minimum Gasteiger partial charge on any atom is -0.378 e. The Labute approximate surface area is 107 Å². The summed E-state index contributed by atoms with van der Waals surface area (Å²) in [5, 5.41) is 8.63. The van der Waals surface area contributed by atoms with E-state index in [1.54, 1.807) is 0 Å². The third-order valence-electron chi connectivity index (χ3n) is 3.30. The lowest BCUT2D eigenvalue weighted by Crippen LogP contribution is -2.37. The van der Waals surface area contributed by atoms with Crippen molar-refractivity contribution >= 4 is 11.6 Å². The number of nitrogens with one attached hydrogen (secondary N) is 1. The molecule has 1 saturated heterocycles. The Kier molecular flexibility index (Phi) is 4.07. The molecule has 17 heavy (non-hydrogen) atoms. The third kappa shape index (κ3) is 3.00. The van der Waals surface area contributed by atoms with Crippen molar-refractivity contribution in [1.82, 2.24) is 15.1 Å². The van der Waals surface area contributed by atoms with Crippen molar-refractivity contribution in [2.45, 2.75) is 45.4 Å². The van der Waals surface area contributed by atoms with Crippen LogP contribution in [0.4, 0.5) is 0 Å². The molecular formula is C12H20ClN3O. The molecule has 2 rings (SSSR count). The molecule has 2 atom stereocenters. The van der Waals surface area contributed by atoms with Crippen LogP contribution in [0.3, 0.4) is 0 Å². The Morgan fingerprint density at radius 1 is 1.59 bits per heavy atom. The Hall–Kier alpha value is -0.580. The van der Waals surface area contributed by atoms with E-state index in [2.05, 4.69) is 17.3 Å². The first-order chi connectivity index (χ1) is 8.08. The van der Waals surface area contributed by atoms with Gasteiger partial charge in [0.2, 0.25) is 0 Å². The molecule has 4 nitrogen and oxygen atoms in total.